The van der Waals surface area contributed by atoms with E-state index < -0.39 is 0 Å². The van der Waals surface area contributed by atoms with Crippen LogP contribution in [0.5, 0.6) is 0 Å². The zero-order valence-corrected chi connectivity index (χ0v) is 14.0. The Balaban J connectivity index is 0.00000220. The van der Waals surface area contributed by atoms with Crippen molar-refractivity contribution < 1.29 is 4.79 Å². The molecular formula is C17H27ClN2O. The van der Waals surface area contributed by atoms with Crippen molar-refractivity contribution in [2.45, 2.75) is 58.0 Å². The van der Waals surface area contributed by atoms with E-state index in [0.29, 0.717) is 0 Å². The summed E-state index contributed by atoms with van der Waals surface area (Å²) in [5, 5.41) is 3.20. The fraction of sp³-hybridized carbons (Fsp3) is 0.588. The molecule has 2 atom stereocenters. The zero-order valence-electron chi connectivity index (χ0n) is 13.2. The number of carbonyl (C=O) groups excluding carboxylic acids is 1. The number of amides is 1. The summed E-state index contributed by atoms with van der Waals surface area (Å²) in [6.45, 7) is 6.19. The highest BCUT2D eigenvalue weighted by Crippen LogP contribution is 2.26. The third-order valence-corrected chi connectivity index (χ3v) is 4.26. The summed E-state index contributed by atoms with van der Waals surface area (Å²) in [5.41, 5.74) is 7.99. The topological polar surface area (TPSA) is 55.1 Å². The minimum absolute atomic E-state index is 0. The van der Waals surface area contributed by atoms with E-state index in [2.05, 4.69) is 44.3 Å². The number of carbonyl (C=O) groups is 1. The van der Waals surface area contributed by atoms with Crippen LogP contribution < -0.4 is 11.1 Å². The fourth-order valence-corrected chi connectivity index (χ4v) is 2.98. The van der Waals surface area contributed by atoms with Gasteiger partial charge in [0, 0.05) is 12.0 Å². The summed E-state index contributed by atoms with van der Waals surface area (Å²) in [6, 6.07) is 8.49. The first-order valence-corrected chi connectivity index (χ1v) is 7.53. The van der Waals surface area contributed by atoms with Gasteiger partial charge < -0.3 is 11.1 Å². The van der Waals surface area contributed by atoms with Crippen molar-refractivity contribution in [3.63, 3.8) is 0 Å². The molecule has 0 heterocycles. The maximum Gasteiger partial charge on any atom is 0.223 e. The van der Waals surface area contributed by atoms with Crippen LogP contribution in [0.2, 0.25) is 0 Å². The molecule has 4 heteroatoms. The van der Waals surface area contributed by atoms with Crippen molar-refractivity contribution in [1.82, 2.24) is 5.32 Å². The minimum atomic E-state index is -0.343. The Hall–Kier alpha value is -1.06. The van der Waals surface area contributed by atoms with Gasteiger partial charge in [0.05, 0.1) is 5.54 Å². The SMILES string of the molecule is Cc1cccc(C(C)(C)NC(=O)C2CCCC(N)C2)c1.Cl. The Morgan fingerprint density at radius 3 is 2.67 bits per heavy atom. The largest absolute Gasteiger partial charge is 0.347 e. The van der Waals surface area contributed by atoms with E-state index in [4.69, 9.17) is 5.73 Å². The summed E-state index contributed by atoms with van der Waals surface area (Å²) in [7, 11) is 0. The Labute approximate surface area is 134 Å². The summed E-state index contributed by atoms with van der Waals surface area (Å²) >= 11 is 0. The molecular weight excluding hydrogens is 284 g/mol. The van der Waals surface area contributed by atoms with Gasteiger partial charge in [-0.05, 0) is 45.6 Å². The molecule has 1 aliphatic rings. The summed E-state index contributed by atoms with van der Waals surface area (Å²) in [5.74, 6) is 0.217. The Kier molecular flexibility index (Phi) is 6.24. The normalized spacial score (nSPS) is 22.3. The monoisotopic (exact) mass is 310 g/mol. The summed E-state index contributed by atoms with van der Waals surface area (Å²) in [6.07, 6.45) is 3.88. The lowest BCUT2D eigenvalue weighted by molar-refractivity contribution is -0.127. The van der Waals surface area contributed by atoms with Gasteiger partial charge in [0.2, 0.25) is 5.91 Å². The summed E-state index contributed by atoms with van der Waals surface area (Å²) in [4.78, 5) is 12.5. The van der Waals surface area contributed by atoms with Crippen molar-refractivity contribution in [3.05, 3.63) is 35.4 Å². The number of hydrogen-bond donors (Lipinski definition) is 2. The van der Waals surface area contributed by atoms with Gasteiger partial charge in [-0.1, -0.05) is 36.2 Å². The average Bonchev–Trinajstić information content (AvgIpc) is 2.38. The molecule has 1 aromatic rings. The molecule has 0 bridgehead atoms. The van der Waals surface area contributed by atoms with Gasteiger partial charge in [-0.15, -0.1) is 12.4 Å². The first-order chi connectivity index (χ1) is 9.38. The van der Waals surface area contributed by atoms with Crippen LogP contribution in [0.25, 0.3) is 0 Å². The number of benzene rings is 1. The standard InChI is InChI=1S/C17H26N2O.ClH/c1-12-6-4-8-14(10-12)17(2,3)19-16(20)13-7-5-9-15(18)11-13;/h4,6,8,10,13,15H,5,7,9,11,18H2,1-3H3,(H,19,20);1H. The van der Waals surface area contributed by atoms with Gasteiger partial charge in [0.1, 0.15) is 0 Å². The van der Waals surface area contributed by atoms with Crippen LogP contribution in [-0.4, -0.2) is 11.9 Å². The van der Waals surface area contributed by atoms with E-state index in [1.165, 1.54) is 5.56 Å². The molecule has 0 aromatic heterocycles. The quantitative estimate of drug-likeness (QED) is 0.900. The van der Waals surface area contributed by atoms with Crippen molar-refractivity contribution in [2.75, 3.05) is 0 Å². The number of halogens is 1. The zero-order chi connectivity index (χ0) is 14.8. The molecule has 0 aliphatic heterocycles. The molecule has 3 N–H and O–H groups in total. The van der Waals surface area contributed by atoms with Crippen LogP contribution in [0, 0.1) is 12.8 Å². The van der Waals surface area contributed by atoms with Crippen molar-refractivity contribution in [1.29, 1.82) is 0 Å². The number of hydrogen-bond acceptors (Lipinski definition) is 2. The highest BCUT2D eigenvalue weighted by atomic mass is 35.5. The second kappa shape index (κ2) is 7.28. The third-order valence-electron chi connectivity index (χ3n) is 4.26. The molecule has 118 valence electrons. The van der Waals surface area contributed by atoms with Crippen molar-refractivity contribution in [2.24, 2.45) is 11.7 Å². The number of rotatable bonds is 3. The lowest BCUT2D eigenvalue weighted by Crippen LogP contribution is -2.46. The Morgan fingerprint density at radius 2 is 2.05 bits per heavy atom. The molecule has 2 rings (SSSR count). The first-order valence-electron chi connectivity index (χ1n) is 7.53. The molecule has 0 saturated heterocycles. The third kappa shape index (κ3) is 4.72. The van der Waals surface area contributed by atoms with Gasteiger partial charge in [-0.3, -0.25) is 4.79 Å². The second-order valence-corrected chi connectivity index (χ2v) is 6.61. The van der Waals surface area contributed by atoms with E-state index in [-0.39, 0.29) is 35.8 Å². The Morgan fingerprint density at radius 1 is 1.33 bits per heavy atom. The molecule has 1 fully saturated rings. The van der Waals surface area contributed by atoms with Gasteiger partial charge >= 0.3 is 0 Å². The molecule has 3 nitrogen and oxygen atoms in total. The highest BCUT2D eigenvalue weighted by Gasteiger charge is 2.30. The van der Waals surface area contributed by atoms with Crippen LogP contribution in [-0.2, 0) is 10.3 Å². The van der Waals surface area contributed by atoms with Gasteiger partial charge in [0.25, 0.3) is 0 Å². The van der Waals surface area contributed by atoms with Gasteiger partial charge in [-0.2, -0.15) is 0 Å². The molecule has 0 radical (unpaired) electrons. The molecule has 1 amide bonds. The van der Waals surface area contributed by atoms with E-state index >= 15 is 0 Å². The van der Waals surface area contributed by atoms with Crippen LogP contribution in [0.15, 0.2) is 24.3 Å². The minimum Gasteiger partial charge on any atom is -0.347 e. The van der Waals surface area contributed by atoms with Crippen LogP contribution in [0.4, 0.5) is 0 Å². The number of aryl methyl sites for hydroxylation is 1. The fourth-order valence-electron chi connectivity index (χ4n) is 2.98. The van der Waals surface area contributed by atoms with E-state index in [0.717, 1.165) is 31.2 Å². The molecule has 1 aliphatic carbocycles. The maximum atomic E-state index is 12.5. The van der Waals surface area contributed by atoms with Crippen molar-refractivity contribution >= 4 is 18.3 Å². The molecule has 0 spiro atoms. The predicted octanol–water partition coefficient (Wildman–Crippen LogP) is 3.29. The van der Waals surface area contributed by atoms with E-state index in [1.807, 2.05) is 6.07 Å². The molecule has 1 saturated carbocycles. The van der Waals surface area contributed by atoms with E-state index in [9.17, 15) is 4.79 Å². The Bertz CT molecular complexity index is 487. The highest BCUT2D eigenvalue weighted by molar-refractivity contribution is 5.85. The van der Waals surface area contributed by atoms with E-state index in [1.54, 1.807) is 0 Å². The van der Waals surface area contributed by atoms with Gasteiger partial charge in [-0.25, -0.2) is 0 Å². The molecule has 21 heavy (non-hydrogen) atoms. The van der Waals surface area contributed by atoms with Gasteiger partial charge in [0.15, 0.2) is 0 Å². The number of nitrogens with one attached hydrogen (secondary N) is 1. The summed E-state index contributed by atoms with van der Waals surface area (Å²) < 4.78 is 0. The number of nitrogens with two attached hydrogens (primary N) is 1. The van der Waals surface area contributed by atoms with Crippen LogP contribution >= 0.6 is 12.4 Å². The van der Waals surface area contributed by atoms with Crippen LogP contribution in [0.3, 0.4) is 0 Å². The lowest BCUT2D eigenvalue weighted by atomic mass is 9.84. The lowest BCUT2D eigenvalue weighted by Gasteiger charge is -2.32. The van der Waals surface area contributed by atoms with Crippen LogP contribution in [0.1, 0.15) is 50.7 Å². The van der Waals surface area contributed by atoms with Crippen molar-refractivity contribution in [3.8, 4) is 0 Å². The predicted molar refractivity (Wildman–Crippen MR) is 89.5 cm³/mol. The first kappa shape index (κ1) is 18.0. The average molecular weight is 311 g/mol. The smallest absolute Gasteiger partial charge is 0.223 e. The maximum absolute atomic E-state index is 12.5. The molecule has 1 aromatic carbocycles. The molecule has 2 unspecified atom stereocenters. The second-order valence-electron chi connectivity index (χ2n) is 6.61.